The summed E-state index contributed by atoms with van der Waals surface area (Å²) in [4.78, 5) is 19.7. The molecule has 0 fully saturated rings. The van der Waals surface area contributed by atoms with Crippen molar-refractivity contribution in [1.29, 1.82) is 0 Å². The Bertz CT molecular complexity index is 131. The van der Waals surface area contributed by atoms with E-state index in [0.29, 0.717) is 0 Å². The summed E-state index contributed by atoms with van der Waals surface area (Å²) in [6.45, 7) is -0.173. The predicted molar refractivity (Wildman–Crippen MR) is 38.4 cm³/mol. The van der Waals surface area contributed by atoms with Crippen LogP contribution in [0.1, 0.15) is 0 Å². The van der Waals surface area contributed by atoms with Crippen molar-refractivity contribution in [2.75, 3.05) is 6.54 Å². The van der Waals surface area contributed by atoms with Crippen molar-refractivity contribution in [2.24, 2.45) is 0 Å². The van der Waals surface area contributed by atoms with Gasteiger partial charge in [-0.05, 0) is 0 Å². The van der Waals surface area contributed by atoms with Gasteiger partial charge in [-0.15, -0.1) is 17.0 Å². The standard InChI is InChI=1S/C2H4NO2.C2H3O2.BrH.Co.Mn/c3-1-2(4)5;1-2(3)4;;;/h3H,1H2,(H,4,5);1H2,(H,3,4);1H;;/q-1;;;;+1. The zero-order chi connectivity index (χ0) is 7.98. The van der Waals surface area contributed by atoms with Gasteiger partial charge in [-0.3, -0.25) is 0 Å². The van der Waals surface area contributed by atoms with Gasteiger partial charge in [0.25, 0.3) is 0 Å². The molecule has 0 aliphatic carbocycles. The fourth-order valence-corrected chi connectivity index (χ4v) is 0.861. The number of nitrogens with one attached hydrogen (secondary N) is 1. The van der Waals surface area contributed by atoms with Crippen molar-refractivity contribution in [2.45, 2.75) is 5.32 Å². The van der Waals surface area contributed by atoms with E-state index < -0.39 is 11.9 Å². The van der Waals surface area contributed by atoms with Crippen LogP contribution in [0, 0.1) is 0 Å². The van der Waals surface area contributed by atoms with Crippen molar-refractivity contribution in [3.8, 4) is 0 Å². The normalized spacial score (nSPS) is 7.67. The van der Waals surface area contributed by atoms with Gasteiger partial charge in [0, 0.05) is 16.8 Å². The molecule has 0 aromatic carbocycles. The topological polar surface area (TPSA) is 86.6 Å². The number of hydrogen-bond donors (Lipinski definition) is 3. The summed E-state index contributed by atoms with van der Waals surface area (Å²) in [5, 5.41) is 16.2. The number of halogens is 1. The molecule has 3 N–H and O–H groups in total. The minimum atomic E-state index is -0.973. The predicted octanol–water partition coefficient (Wildman–Crippen LogP) is -0.264. The second-order valence-corrected chi connectivity index (χ2v) is 2.62. The molecule has 5 nitrogen and oxygen atoms in total. The summed E-state index contributed by atoms with van der Waals surface area (Å²) in [5.74, 6) is -1.89. The van der Waals surface area contributed by atoms with Crippen LogP contribution in [0.3, 0.4) is 0 Å². The average molecular weight is 328 g/mol. The molecule has 0 rings (SSSR count). The minimum absolute atomic E-state index is 0. The average Bonchev–Trinajstić information content (AvgIpc) is 1.79. The van der Waals surface area contributed by atoms with Gasteiger partial charge in [-0.1, -0.05) is 0 Å². The maximum Gasteiger partial charge on any atom is 0 e. The number of carbonyl (C=O) groups is 2. The van der Waals surface area contributed by atoms with Gasteiger partial charge in [0.15, 0.2) is 0 Å². The maximum absolute atomic E-state index is 9.86. The van der Waals surface area contributed by atoms with Gasteiger partial charge in [0.05, 0.1) is 0 Å². The van der Waals surface area contributed by atoms with E-state index in [1.54, 1.807) is 0 Å². The summed E-state index contributed by atoms with van der Waals surface area (Å²) in [6.07, 6.45) is 0. The monoisotopic (exact) mass is 327 g/mol. The molecule has 0 aromatic rings. The Morgan fingerprint density at radius 2 is 1.75 bits per heavy atom. The molecule has 0 saturated carbocycles. The summed E-state index contributed by atoms with van der Waals surface area (Å²) in [6, 6.07) is 0. The maximum atomic E-state index is 9.86. The van der Waals surface area contributed by atoms with Gasteiger partial charge in [0.1, 0.15) is 0 Å². The minimum Gasteiger partial charge on any atom is 0 e. The molecule has 0 saturated heterocycles. The molecule has 0 aromatic heterocycles. The Labute approximate surface area is 96.6 Å². The molecule has 0 atom stereocenters. The van der Waals surface area contributed by atoms with Crippen LogP contribution >= 0.6 is 17.0 Å². The molecule has 8 heteroatoms. The Morgan fingerprint density at radius 1 is 1.25 bits per heavy atom. The molecular formula is C4H8BrCoMnNO4. The van der Waals surface area contributed by atoms with Crippen molar-refractivity contribution >= 4 is 28.9 Å². The van der Waals surface area contributed by atoms with E-state index in [-0.39, 0.29) is 60.8 Å². The first-order chi connectivity index (χ1) is 4.63. The van der Waals surface area contributed by atoms with Crippen LogP contribution in [-0.2, 0) is 41.5 Å². The molecule has 0 heterocycles. The van der Waals surface area contributed by atoms with Gasteiger partial charge in [-0.25, -0.2) is 0 Å². The fourth-order valence-electron chi connectivity index (χ4n) is 0.209. The largest absolute Gasteiger partial charge is 0 e. The molecule has 0 spiro atoms. The smallest absolute Gasteiger partial charge is 0 e. The molecular weight excluding hydrogens is 320 g/mol. The molecule has 0 aliphatic heterocycles. The quantitative estimate of drug-likeness (QED) is 0.478. The van der Waals surface area contributed by atoms with Crippen LogP contribution in [0.4, 0.5) is 0 Å². The first-order valence-electron chi connectivity index (χ1n) is 2.37. The van der Waals surface area contributed by atoms with Crippen molar-refractivity contribution < 1.29 is 51.8 Å². The Hall–Kier alpha value is 0.406. The third-order valence-electron chi connectivity index (χ3n) is 0.494. The first kappa shape index (κ1) is 18.2. The van der Waals surface area contributed by atoms with Gasteiger partial charge in [-0.2, -0.15) is 0 Å². The number of carboxylic acids is 2. The van der Waals surface area contributed by atoms with E-state index in [9.17, 15) is 9.59 Å². The number of rotatable bonds is 5. The molecule has 0 bridgehead atoms. The molecule has 0 amide bonds. The van der Waals surface area contributed by atoms with E-state index in [2.05, 4.69) is 4.33 Å². The number of carboxylic acid groups (broad SMARTS) is 2. The first-order valence-corrected chi connectivity index (χ1v) is 3.80. The molecule has 76 valence electrons. The molecule has 0 aliphatic rings. The van der Waals surface area contributed by atoms with Crippen molar-refractivity contribution in [1.82, 2.24) is 4.33 Å². The second-order valence-electron chi connectivity index (χ2n) is 1.37. The van der Waals surface area contributed by atoms with Crippen LogP contribution in [0.2, 0.25) is 5.32 Å². The SMILES string of the molecule is Br.O=C(O)C[NH][Mn][CH2]C(=O)O.[Co]. The van der Waals surface area contributed by atoms with E-state index >= 15 is 0 Å². The second kappa shape index (κ2) is 11.4. The van der Waals surface area contributed by atoms with E-state index in [1.807, 2.05) is 0 Å². The Balaban J connectivity index is -0.000000405. The fraction of sp³-hybridized carbons (Fsp3) is 0.500. The summed E-state index contributed by atoms with van der Waals surface area (Å²) in [7, 11) is 0. The number of hydrogen-bond acceptors (Lipinski definition) is 3. The summed E-state index contributed by atoms with van der Waals surface area (Å²) in [5.41, 5.74) is 0. The third-order valence-corrected chi connectivity index (χ3v) is 1.56. The van der Waals surface area contributed by atoms with Gasteiger partial charge < -0.3 is 0 Å². The summed E-state index contributed by atoms with van der Waals surface area (Å²) < 4.78 is 2.47. The van der Waals surface area contributed by atoms with Gasteiger partial charge >= 0.3 is 63.1 Å². The Kier molecular flexibility index (Phi) is 17.3. The number of aliphatic carboxylic acids is 2. The summed E-state index contributed by atoms with van der Waals surface area (Å²) >= 11 is -0.0527. The Morgan fingerprint density at radius 3 is 2.08 bits per heavy atom. The van der Waals surface area contributed by atoms with E-state index in [4.69, 9.17) is 10.2 Å². The third kappa shape index (κ3) is 16.8. The van der Waals surface area contributed by atoms with E-state index in [0.717, 1.165) is 0 Å². The van der Waals surface area contributed by atoms with Crippen LogP contribution in [0.25, 0.3) is 0 Å². The molecule has 1 radical (unpaired) electrons. The van der Waals surface area contributed by atoms with Crippen LogP contribution in [0.15, 0.2) is 0 Å². The van der Waals surface area contributed by atoms with Crippen LogP contribution in [-0.4, -0.2) is 28.7 Å². The zero-order valence-corrected chi connectivity index (χ0v) is 9.68. The van der Waals surface area contributed by atoms with Crippen LogP contribution < -0.4 is 4.33 Å². The van der Waals surface area contributed by atoms with Crippen LogP contribution in [0.5, 0.6) is 0 Å². The van der Waals surface area contributed by atoms with Crippen molar-refractivity contribution in [3.05, 3.63) is 0 Å². The van der Waals surface area contributed by atoms with E-state index in [1.165, 1.54) is 0 Å². The van der Waals surface area contributed by atoms with Crippen molar-refractivity contribution in [3.63, 3.8) is 0 Å². The van der Waals surface area contributed by atoms with Gasteiger partial charge in [0.2, 0.25) is 0 Å². The molecule has 12 heavy (non-hydrogen) atoms. The zero-order valence-electron chi connectivity index (χ0n) is 5.74. The molecule has 0 unspecified atom stereocenters.